The van der Waals surface area contributed by atoms with Crippen molar-refractivity contribution in [2.45, 2.75) is 54.1 Å². The molecule has 196 valence electrons. The fourth-order valence-electron chi connectivity index (χ4n) is 3.42. The minimum Gasteiger partial charge on any atom is -0.456 e. The molecule has 0 spiro atoms. The number of anilines is 1. The molecule has 37 heavy (non-hydrogen) atoms. The highest BCUT2D eigenvalue weighted by molar-refractivity contribution is 7.13. The maximum absolute atomic E-state index is 15.0. The SMILES string of the molecule is Cc1c(F)cc(C(=O)OC(C)(C)C)cc1-c1ccc(C(=O)NCC(C)(C)C)cc1C(=O)Nc1nccs1. The quantitative estimate of drug-likeness (QED) is 0.371. The number of carbonyl (C=O) groups excluding carboxylic acids is 3. The third-order valence-corrected chi connectivity index (χ3v) is 5.92. The Kier molecular flexibility index (Phi) is 8.17. The largest absolute Gasteiger partial charge is 0.456 e. The minimum atomic E-state index is -0.764. The summed E-state index contributed by atoms with van der Waals surface area (Å²) < 4.78 is 20.4. The molecule has 0 saturated heterocycles. The monoisotopic (exact) mass is 525 g/mol. The van der Waals surface area contributed by atoms with Crippen molar-refractivity contribution in [3.8, 4) is 11.1 Å². The van der Waals surface area contributed by atoms with E-state index in [-0.39, 0.29) is 33.6 Å². The van der Waals surface area contributed by atoms with E-state index < -0.39 is 23.3 Å². The zero-order chi connectivity index (χ0) is 27.5. The molecule has 9 heteroatoms. The molecule has 2 amide bonds. The molecule has 3 rings (SSSR count). The van der Waals surface area contributed by atoms with Gasteiger partial charge in [-0.3, -0.25) is 14.9 Å². The summed E-state index contributed by atoms with van der Waals surface area (Å²) >= 11 is 1.24. The van der Waals surface area contributed by atoms with Gasteiger partial charge in [-0.05, 0) is 74.1 Å². The van der Waals surface area contributed by atoms with Gasteiger partial charge in [0.05, 0.1) is 5.56 Å². The number of nitrogens with one attached hydrogen (secondary N) is 2. The predicted molar refractivity (Wildman–Crippen MR) is 144 cm³/mol. The second-order valence-electron chi connectivity index (χ2n) is 10.9. The third-order valence-electron chi connectivity index (χ3n) is 5.23. The lowest BCUT2D eigenvalue weighted by Gasteiger charge is -2.21. The first-order valence-corrected chi connectivity index (χ1v) is 12.7. The summed E-state index contributed by atoms with van der Waals surface area (Å²) in [5.74, 6) is -2.15. The number of nitrogens with zero attached hydrogens (tertiary/aromatic N) is 1. The number of esters is 1. The first-order chi connectivity index (χ1) is 17.1. The molecule has 1 aromatic heterocycles. The highest BCUT2D eigenvalue weighted by Gasteiger charge is 2.24. The van der Waals surface area contributed by atoms with Crippen LogP contribution < -0.4 is 10.6 Å². The molecule has 0 aliphatic carbocycles. The van der Waals surface area contributed by atoms with Gasteiger partial charge in [-0.15, -0.1) is 11.3 Å². The van der Waals surface area contributed by atoms with Crippen molar-refractivity contribution in [2.24, 2.45) is 5.41 Å². The number of benzene rings is 2. The first-order valence-electron chi connectivity index (χ1n) is 11.8. The molecule has 0 radical (unpaired) electrons. The second kappa shape index (κ2) is 10.8. The normalized spacial score (nSPS) is 11.7. The Bertz CT molecular complexity index is 1320. The molecule has 0 bridgehead atoms. The number of thiazole rings is 1. The van der Waals surface area contributed by atoms with E-state index in [1.165, 1.54) is 23.5 Å². The van der Waals surface area contributed by atoms with Gasteiger partial charge in [-0.2, -0.15) is 0 Å². The van der Waals surface area contributed by atoms with Crippen LogP contribution in [0.4, 0.5) is 9.52 Å². The highest BCUT2D eigenvalue weighted by Crippen LogP contribution is 2.32. The van der Waals surface area contributed by atoms with Crippen LogP contribution in [-0.4, -0.2) is 34.9 Å². The van der Waals surface area contributed by atoms with Crippen LogP contribution >= 0.6 is 11.3 Å². The van der Waals surface area contributed by atoms with Crippen LogP contribution in [0.5, 0.6) is 0 Å². The number of carbonyl (C=O) groups is 3. The van der Waals surface area contributed by atoms with Crippen LogP contribution in [-0.2, 0) is 4.74 Å². The van der Waals surface area contributed by atoms with E-state index >= 15 is 0 Å². The molecule has 0 fully saturated rings. The van der Waals surface area contributed by atoms with Crippen molar-refractivity contribution < 1.29 is 23.5 Å². The van der Waals surface area contributed by atoms with Crippen molar-refractivity contribution in [3.63, 3.8) is 0 Å². The van der Waals surface area contributed by atoms with Crippen LogP contribution in [0.25, 0.3) is 11.1 Å². The molecular weight excluding hydrogens is 493 g/mol. The van der Waals surface area contributed by atoms with Crippen molar-refractivity contribution in [1.82, 2.24) is 10.3 Å². The Balaban J connectivity index is 2.11. The maximum atomic E-state index is 15.0. The molecule has 0 unspecified atom stereocenters. The van der Waals surface area contributed by atoms with E-state index in [1.54, 1.807) is 51.4 Å². The van der Waals surface area contributed by atoms with E-state index in [0.29, 0.717) is 22.8 Å². The topological polar surface area (TPSA) is 97.4 Å². The van der Waals surface area contributed by atoms with Gasteiger partial charge >= 0.3 is 5.97 Å². The third kappa shape index (κ3) is 7.45. The Morgan fingerprint density at radius 2 is 1.68 bits per heavy atom. The predicted octanol–water partition coefficient (Wildman–Crippen LogP) is 6.24. The number of amides is 2. The van der Waals surface area contributed by atoms with Crippen molar-refractivity contribution >= 4 is 34.3 Å². The number of hydrogen-bond donors (Lipinski definition) is 2. The molecule has 0 atom stereocenters. The van der Waals surface area contributed by atoms with Gasteiger partial charge in [0.25, 0.3) is 11.8 Å². The summed E-state index contributed by atoms with van der Waals surface area (Å²) in [4.78, 5) is 43.0. The second-order valence-corrected chi connectivity index (χ2v) is 11.8. The smallest absolute Gasteiger partial charge is 0.338 e. The Hall–Kier alpha value is -3.59. The Morgan fingerprint density at radius 1 is 0.973 bits per heavy atom. The van der Waals surface area contributed by atoms with Crippen molar-refractivity contribution in [3.05, 3.63) is 70.0 Å². The first kappa shape index (κ1) is 28.0. The molecule has 2 aromatic carbocycles. The van der Waals surface area contributed by atoms with Gasteiger partial charge in [-0.1, -0.05) is 26.8 Å². The minimum absolute atomic E-state index is 0.0197. The summed E-state index contributed by atoms with van der Waals surface area (Å²) in [5, 5.41) is 7.70. The number of aromatic nitrogens is 1. The van der Waals surface area contributed by atoms with Crippen molar-refractivity contribution in [1.29, 1.82) is 0 Å². The molecule has 1 heterocycles. The summed E-state index contributed by atoms with van der Waals surface area (Å²) in [7, 11) is 0. The van der Waals surface area contributed by atoms with E-state index in [9.17, 15) is 18.8 Å². The summed E-state index contributed by atoms with van der Waals surface area (Å²) in [6.07, 6.45) is 1.56. The van der Waals surface area contributed by atoms with Crippen LogP contribution in [0.2, 0.25) is 0 Å². The lowest BCUT2D eigenvalue weighted by atomic mass is 9.91. The van der Waals surface area contributed by atoms with Gasteiger partial charge in [-0.25, -0.2) is 14.2 Å². The zero-order valence-electron chi connectivity index (χ0n) is 22.1. The van der Waals surface area contributed by atoms with Crippen LogP contribution in [0, 0.1) is 18.2 Å². The van der Waals surface area contributed by atoms with Gasteiger partial charge in [0.2, 0.25) is 0 Å². The van der Waals surface area contributed by atoms with E-state index in [0.717, 1.165) is 6.07 Å². The zero-order valence-corrected chi connectivity index (χ0v) is 22.9. The fourth-order valence-corrected chi connectivity index (χ4v) is 3.94. The van der Waals surface area contributed by atoms with E-state index in [1.807, 2.05) is 20.8 Å². The molecule has 2 N–H and O–H groups in total. The number of ether oxygens (including phenoxy) is 1. The standard InChI is InChI=1S/C28H32FN3O4S/c1-16-20(13-18(14-22(16)29)25(35)36-28(5,6)7)19-9-8-17(23(33)31-15-27(2,3)4)12-21(19)24(34)32-26-30-10-11-37-26/h8-14H,15H2,1-7H3,(H,31,33)(H,30,32,34). The summed E-state index contributed by atoms with van der Waals surface area (Å²) in [5.41, 5.74) is 0.500. The summed E-state index contributed by atoms with van der Waals surface area (Å²) in [6.45, 7) is 13.2. The molecule has 0 aliphatic heterocycles. The van der Waals surface area contributed by atoms with Crippen LogP contribution in [0.15, 0.2) is 41.9 Å². The van der Waals surface area contributed by atoms with Gasteiger partial charge < -0.3 is 10.1 Å². The Labute approximate surface area is 220 Å². The van der Waals surface area contributed by atoms with Crippen LogP contribution in [0.1, 0.15) is 78.2 Å². The van der Waals surface area contributed by atoms with Crippen LogP contribution in [0.3, 0.4) is 0 Å². The maximum Gasteiger partial charge on any atom is 0.338 e. The van der Waals surface area contributed by atoms with E-state index in [4.69, 9.17) is 4.74 Å². The molecule has 3 aromatic rings. The average molecular weight is 526 g/mol. The molecule has 0 saturated carbocycles. The number of rotatable bonds is 6. The lowest BCUT2D eigenvalue weighted by Crippen LogP contribution is -2.32. The van der Waals surface area contributed by atoms with Gasteiger partial charge in [0.15, 0.2) is 5.13 Å². The lowest BCUT2D eigenvalue weighted by molar-refractivity contribution is 0.00688. The highest BCUT2D eigenvalue weighted by atomic mass is 32.1. The fraction of sp³-hybridized carbons (Fsp3) is 0.357. The molecule has 0 aliphatic rings. The Morgan fingerprint density at radius 3 is 2.27 bits per heavy atom. The average Bonchev–Trinajstić information content (AvgIpc) is 3.30. The van der Waals surface area contributed by atoms with E-state index in [2.05, 4.69) is 15.6 Å². The summed E-state index contributed by atoms with van der Waals surface area (Å²) in [6, 6.07) is 7.25. The van der Waals surface area contributed by atoms with Gasteiger partial charge in [0, 0.05) is 29.2 Å². The molecular formula is C28H32FN3O4S. The molecule has 7 nitrogen and oxygen atoms in total. The number of halogens is 1. The van der Waals surface area contributed by atoms with Crippen molar-refractivity contribution in [2.75, 3.05) is 11.9 Å². The number of hydrogen-bond acceptors (Lipinski definition) is 6. The van der Waals surface area contributed by atoms with Gasteiger partial charge in [0.1, 0.15) is 11.4 Å².